The Kier molecular flexibility index (Phi) is 4.54. The first-order valence-corrected chi connectivity index (χ1v) is 7.58. The average Bonchev–Trinajstić information content (AvgIpc) is 2.76. The number of halogens is 2. The predicted molar refractivity (Wildman–Crippen MR) is 86.4 cm³/mol. The number of nitrogens with two attached hydrogens (primary N) is 1. The van der Waals surface area contributed by atoms with Crippen LogP contribution in [-0.2, 0) is 6.54 Å². The lowest BCUT2D eigenvalue weighted by Crippen LogP contribution is -2.11. The summed E-state index contributed by atoms with van der Waals surface area (Å²) in [4.78, 5) is 2.57. The molecule has 0 fully saturated rings. The number of aryl methyl sites for hydroxylation is 1. The second-order valence-corrected chi connectivity index (χ2v) is 6.62. The topological polar surface area (TPSA) is 38.0 Å². The molecule has 0 bridgehead atoms. The second-order valence-electron chi connectivity index (χ2n) is 4.02. The smallest absolute Gasteiger partial charge is 0.161 e. The molecule has 6 heteroatoms. The van der Waals surface area contributed by atoms with Gasteiger partial charge in [-0.25, -0.2) is 4.39 Å². The van der Waals surface area contributed by atoms with Gasteiger partial charge in [0.25, 0.3) is 0 Å². The first-order valence-electron chi connectivity index (χ1n) is 5.56. The van der Waals surface area contributed by atoms with E-state index >= 15 is 0 Å². The van der Waals surface area contributed by atoms with Gasteiger partial charge in [-0.3, -0.25) is 0 Å². The van der Waals surface area contributed by atoms with E-state index in [0.29, 0.717) is 22.3 Å². The standard InChI is InChI=1S/C13H12BrFN2S2/c1-7-2-3-8(19-7)6-17-10-5-4-9(13(16)18)11(14)12(10)15/h2-5,17H,6H2,1H3,(H2,16,18). The summed E-state index contributed by atoms with van der Waals surface area (Å²) in [6, 6.07) is 7.43. The summed E-state index contributed by atoms with van der Waals surface area (Å²) in [5.74, 6) is -0.376. The minimum atomic E-state index is -0.376. The van der Waals surface area contributed by atoms with Crippen LogP contribution in [0.25, 0.3) is 0 Å². The van der Waals surface area contributed by atoms with E-state index in [9.17, 15) is 4.39 Å². The molecule has 0 saturated carbocycles. The van der Waals surface area contributed by atoms with Gasteiger partial charge in [0.2, 0.25) is 0 Å². The molecule has 0 aliphatic rings. The van der Waals surface area contributed by atoms with Gasteiger partial charge in [0.15, 0.2) is 5.82 Å². The molecule has 2 aromatic rings. The van der Waals surface area contributed by atoms with Gasteiger partial charge in [-0.15, -0.1) is 11.3 Å². The number of thiophene rings is 1. The fourth-order valence-corrected chi connectivity index (χ4v) is 3.33. The van der Waals surface area contributed by atoms with Crippen LogP contribution in [0.5, 0.6) is 0 Å². The highest BCUT2D eigenvalue weighted by molar-refractivity contribution is 9.10. The van der Waals surface area contributed by atoms with Crippen LogP contribution in [0.1, 0.15) is 15.3 Å². The average molecular weight is 359 g/mol. The molecule has 0 saturated heterocycles. The van der Waals surface area contributed by atoms with Crippen molar-refractivity contribution < 1.29 is 4.39 Å². The Morgan fingerprint density at radius 3 is 2.74 bits per heavy atom. The number of thiocarbonyl (C=S) groups is 1. The normalized spacial score (nSPS) is 10.5. The highest BCUT2D eigenvalue weighted by atomic mass is 79.9. The highest BCUT2D eigenvalue weighted by Gasteiger charge is 2.12. The SMILES string of the molecule is Cc1ccc(CNc2ccc(C(N)=S)c(Br)c2F)s1. The van der Waals surface area contributed by atoms with Crippen molar-refractivity contribution in [2.75, 3.05) is 5.32 Å². The Hall–Kier alpha value is -0.980. The lowest BCUT2D eigenvalue weighted by molar-refractivity contribution is 0.623. The van der Waals surface area contributed by atoms with Crippen molar-refractivity contribution in [2.24, 2.45) is 5.73 Å². The lowest BCUT2D eigenvalue weighted by Gasteiger charge is -2.10. The highest BCUT2D eigenvalue weighted by Crippen LogP contribution is 2.28. The van der Waals surface area contributed by atoms with E-state index in [4.69, 9.17) is 18.0 Å². The first-order chi connectivity index (χ1) is 8.99. The molecule has 19 heavy (non-hydrogen) atoms. The third-order valence-corrected chi connectivity index (χ3v) is 4.59. The summed E-state index contributed by atoms with van der Waals surface area (Å²) >= 11 is 9.73. The van der Waals surface area contributed by atoms with Gasteiger partial charge < -0.3 is 11.1 Å². The molecule has 2 rings (SSSR count). The van der Waals surface area contributed by atoms with Crippen molar-refractivity contribution in [1.82, 2.24) is 0 Å². The van der Waals surface area contributed by atoms with Crippen molar-refractivity contribution in [2.45, 2.75) is 13.5 Å². The Labute approximate surface area is 129 Å². The Morgan fingerprint density at radius 2 is 2.16 bits per heavy atom. The molecular weight excluding hydrogens is 347 g/mol. The van der Waals surface area contributed by atoms with Crippen LogP contribution in [-0.4, -0.2) is 4.99 Å². The molecule has 0 aliphatic heterocycles. The molecule has 100 valence electrons. The van der Waals surface area contributed by atoms with Crippen LogP contribution >= 0.6 is 39.5 Å². The zero-order valence-electron chi connectivity index (χ0n) is 10.2. The number of anilines is 1. The first kappa shape index (κ1) is 14.4. The predicted octanol–water partition coefficient (Wildman–Crippen LogP) is 4.20. The quantitative estimate of drug-likeness (QED) is 0.804. The zero-order valence-corrected chi connectivity index (χ0v) is 13.4. The number of hydrogen-bond donors (Lipinski definition) is 2. The molecule has 3 N–H and O–H groups in total. The number of benzene rings is 1. The van der Waals surface area contributed by atoms with Gasteiger partial charge in [-0.1, -0.05) is 12.2 Å². The summed E-state index contributed by atoms with van der Waals surface area (Å²) in [5.41, 5.74) is 6.45. The van der Waals surface area contributed by atoms with Gasteiger partial charge >= 0.3 is 0 Å². The molecule has 0 aliphatic carbocycles. The van der Waals surface area contributed by atoms with Crippen molar-refractivity contribution >= 4 is 50.2 Å². The van der Waals surface area contributed by atoms with E-state index in [-0.39, 0.29) is 10.8 Å². The summed E-state index contributed by atoms with van der Waals surface area (Å²) in [7, 11) is 0. The molecule has 0 atom stereocenters. The van der Waals surface area contributed by atoms with E-state index in [1.54, 1.807) is 23.5 Å². The van der Waals surface area contributed by atoms with E-state index in [1.807, 2.05) is 19.1 Å². The van der Waals surface area contributed by atoms with Crippen LogP contribution in [0.15, 0.2) is 28.7 Å². The van der Waals surface area contributed by atoms with Crippen LogP contribution in [0, 0.1) is 12.7 Å². The number of nitrogens with one attached hydrogen (secondary N) is 1. The van der Waals surface area contributed by atoms with Crippen molar-refractivity contribution in [3.8, 4) is 0 Å². The Balaban J connectivity index is 2.17. The van der Waals surface area contributed by atoms with Gasteiger partial charge in [-0.05, 0) is 47.1 Å². The molecule has 1 aromatic carbocycles. The maximum absolute atomic E-state index is 14.1. The third kappa shape index (κ3) is 3.32. The fourth-order valence-electron chi connectivity index (χ4n) is 1.64. The Morgan fingerprint density at radius 1 is 1.42 bits per heavy atom. The van der Waals surface area contributed by atoms with Gasteiger partial charge in [0.05, 0.1) is 10.2 Å². The van der Waals surface area contributed by atoms with Gasteiger partial charge in [0.1, 0.15) is 4.99 Å². The zero-order chi connectivity index (χ0) is 14.0. The summed E-state index contributed by atoms with van der Waals surface area (Å²) in [6.07, 6.45) is 0. The van der Waals surface area contributed by atoms with Crippen LogP contribution < -0.4 is 11.1 Å². The maximum atomic E-state index is 14.1. The lowest BCUT2D eigenvalue weighted by atomic mass is 10.2. The fraction of sp³-hybridized carbons (Fsp3) is 0.154. The second kappa shape index (κ2) is 5.98. The van der Waals surface area contributed by atoms with Crippen molar-refractivity contribution in [1.29, 1.82) is 0 Å². The molecule has 0 unspecified atom stereocenters. The third-order valence-electron chi connectivity index (χ3n) is 2.60. The van der Waals surface area contributed by atoms with Crippen LogP contribution in [0.2, 0.25) is 0 Å². The summed E-state index contributed by atoms with van der Waals surface area (Å²) in [5, 5.41) is 3.07. The molecule has 1 aromatic heterocycles. The van der Waals surface area contributed by atoms with Crippen molar-refractivity contribution in [3.05, 3.63) is 49.9 Å². The van der Waals surface area contributed by atoms with Crippen molar-refractivity contribution in [3.63, 3.8) is 0 Å². The molecule has 0 radical (unpaired) electrons. The Bertz CT molecular complexity index is 625. The van der Waals surface area contributed by atoms with E-state index in [1.165, 1.54) is 4.88 Å². The van der Waals surface area contributed by atoms with Gasteiger partial charge in [0, 0.05) is 21.9 Å². The summed E-state index contributed by atoms with van der Waals surface area (Å²) in [6.45, 7) is 2.64. The minimum Gasteiger partial charge on any atom is -0.389 e. The van der Waals surface area contributed by atoms with Crippen LogP contribution in [0.4, 0.5) is 10.1 Å². The van der Waals surface area contributed by atoms with Crippen LogP contribution in [0.3, 0.4) is 0 Å². The maximum Gasteiger partial charge on any atom is 0.161 e. The number of hydrogen-bond acceptors (Lipinski definition) is 3. The minimum absolute atomic E-state index is 0.172. The molecular formula is C13H12BrFN2S2. The molecule has 2 nitrogen and oxygen atoms in total. The largest absolute Gasteiger partial charge is 0.389 e. The van der Waals surface area contributed by atoms with Gasteiger partial charge in [-0.2, -0.15) is 0 Å². The molecule has 1 heterocycles. The van der Waals surface area contributed by atoms with E-state index in [2.05, 4.69) is 21.2 Å². The summed E-state index contributed by atoms with van der Waals surface area (Å²) < 4.78 is 14.4. The van der Waals surface area contributed by atoms with E-state index < -0.39 is 0 Å². The molecule has 0 spiro atoms. The van der Waals surface area contributed by atoms with E-state index in [0.717, 1.165) is 4.88 Å². The number of rotatable bonds is 4. The monoisotopic (exact) mass is 358 g/mol. The molecule has 0 amide bonds.